The van der Waals surface area contributed by atoms with Gasteiger partial charge in [0.1, 0.15) is 23.7 Å². The van der Waals surface area contributed by atoms with Gasteiger partial charge in [-0.3, -0.25) is 4.79 Å². The van der Waals surface area contributed by atoms with Crippen LogP contribution >= 0.6 is 0 Å². The fourth-order valence-electron chi connectivity index (χ4n) is 2.62. The van der Waals surface area contributed by atoms with Crippen molar-refractivity contribution in [3.8, 4) is 22.6 Å². The zero-order valence-corrected chi connectivity index (χ0v) is 14.0. The number of phenolic OH excluding ortho intramolecular Hbond substituents is 1. The Morgan fingerprint density at radius 1 is 1.32 bits per heavy atom. The van der Waals surface area contributed by atoms with E-state index < -0.39 is 39.9 Å². The van der Waals surface area contributed by atoms with Crippen LogP contribution in [0, 0.1) is 5.82 Å². The van der Waals surface area contributed by atoms with Crippen molar-refractivity contribution in [1.29, 1.82) is 0 Å². The molecule has 1 aliphatic rings. The van der Waals surface area contributed by atoms with Gasteiger partial charge in [0.05, 0.1) is 6.61 Å². The van der Waals surface area contributed by atoms with E-state index in [0.717, 1.165) is 6.07 Å². The van der Waals surface area contributed by atoms with Crippen molar-refractivity contribution in [3.05, 3.63) is 42.2 Å². The van der Waals surface area contributed by atoms with Crippen molar-refractivity contribution in [2.75, 3.05) is 17.5 Å². The number of carbonyl (C=O) groups is 1. The van der Waals surface area contributed by atoms with Crippen molar-refractivity contribution in [1.82, 2.24) is 4.72 Å². The molecule has 1 aliphatic heterocycles. The van der Waals surface area contributed by atoms with Crippen LogP contribution in [0.25, 0.3) is 11.1 Å². The molecule has 9 heteroatoms. The summed E-state index contributed by atoms with van der Waals surface area (Å²) in [4.78, 5) is 11.3. The molecule has 0 atom stereocenters. The summed E-state index contributed by atoms with van der Waals surface area (Å²) in [5.74, 6) is -1.87. The first kappa shape index (κ1) is 17.0. The maximum atomic E-state index is 14.6. The second-order valence-electron chi connectivity index (χ2n) is 5.29. The maximum Gasteiger partial charge on any atom is 0.326 e. The number of benzene rings is 2. The smallest absolute Gasteiger partial charge is 0.326 e. The van der Waals surface area contributed by atoms with Gasteiger partial charge in [-0.1, -0.05) is 18.2 Å². The van der Waals surface area contributed by atoms with Gasteiger partial charge in [0.2, 0.25) is 0 Å². The Morgan fingerprint density at radius 3 is 2.64 bits per heavy atom. The van der Waals surface area contributed by atoms with Crippen LogP contribution in [-0.2, 0) is 15.0 Å². The number of amides is 1. The van der Waals surface area contributed by atoms with Crippen LogP contribution in [-0.4, -0.2) is 32.6 Å². The Kier molecular flexibility index (Phi) is 4.25. The molecule has 7 nitrogen and oxygen atoms in total. The van der Waals surface area contributed by atoms with Crippen LogP contribution in [0.1, 0.15) is 6.92 Å². The molecule has 25 heavy (non-hydrogen) atoms. The number of halogens is 1. The summed E-state index contributed by atoms with van der Waals surface area (Å²) in [7, 11) is -4.22. The fraction of sp³-hybridized carbons (Fsp3) is 0.188. The molecule has 2 aromatic carbocycles. The van der Waals surface area contributed by atoms with Gasteiger partial charge >= 0.3 is 10.2 Å². The number of rotatable bonds is 4. The van der Waals surface area contributed by atoms with Crippen LogP contribution in [0.4, 0.5) is 10.1 Å². The van der Waals surface area contributed by atoms with Crippen LogP contribution in [0.15, 0.2) is 36.4 Å². The maximum absolute atomic E-state index is 14.6. The number of nitrogens with zero attached hydrogens (tertiary/aromatic N) is 1. The standard InChI is InChI=1S/C16H15FN2O5S/c1-2-24-14-6-4-3-5-11(14)10-7-12(17)16(13(20)8-10)19-9-15(21)18-25(19,22)23/h3-8,20H,2,9H2,1H3,(H,18,21). The molecule has 1 fully saturated rings. The third-order valence-corrected chi connectivity index (χ3v) is 4.99. The molecule has 0 spiro atoms. The Bertz CT molecular complexity index is 922. The molecule has 2 N–H and O–H groups in total. The highest BCUT2D eigenvalue weighted by Crippen LogP contribution is 2.39. The molecule has 1 heterocycles. The summed E-state index contributed by atoms with van der Waals surface area (Å²) in [5.41, 5.74) is 0.290. The summed E-state index contributed by atoms with van der Waals surface area (Å²) < 4.78 is 46.0. The lowest BCUT2D eigenvalue weighted by atomic mass is 10.0. The van der Waals surface area contributed by atoms with Crippen molar-refractivity contribution < 1.29 is 27.4 Å². The van der Waals surface area contributed by atoms with E-state index in [-0.39, 0.29) is 0 Å². The first-order valence-electron chi connectivity index (χ1n) is 7.41. The van der Waals surface area contributed by atoms with E-state index in [0.29, 0.717) is 27.8 Å². The van der Waals surface area contributed by atoms with Crippen molar-refractivity contribution in [2.45, 2.75) is 6.92 Å². The molecule has 0 bridgehead atoms. The molecule has 3 rings (SSSR count). The van der Waals surface area contributed by atoms with Gasteiger partial charge in [-0.25, -0.2) is 13.4 Å². The third kappa shape index (κ3) is 3.10. The van der Waals surface area contributed by atoms with Gasteiger partial charge in [0.25, 0.3) is 5.91 Å². The average Bonchev–Trinajstić information content (AvgIpc) is 2.80. The Hall–Kier alpha value is -2.81. The lowest BCUT2D eigenvalue weighted by Gasteiger charge is -2.18. The summed E-state index contributed by atoms with van der Waals surface area (Å²) >= 11 is 0. The highest BCUT2D eigenvalue weighted by Gasteiger charge is 2.37. The van der Waals surface area contributed by atoms with E-state index in [1.165, 1.54) is 6.07 Å². The summed E-state index contributed by atoms with van der Waals surface area (Å²) in [6, 6.07) is 9.20. The van der Waals surface area contributed by atoms with E-state index in [2.05, 4.69) is 0 Å². The monoisotopic (exact) mass is 366 g/mol. The predicted molar refractivity (Wildman–Crippen MR) is 89.1 cm³/mol. The van der Waals surface area contributed by atoms with Crippen LogP contribution in [0.3, 0.4) is 0 Å². The lowest BCUT2D eigenvalue weighted by Crippen LogP contribution is -2.30. The molecule has 132 valence electrons. The zero-order chi connectivity index (χ0) is 18.2. The number of para-hydroxylation sites is 1. The Morgan fingerprint density at radius 2 is 2.04 bits per heavy atom. The summed E-state index contributed by atoms with van der Waals surface area (Å²) in [6.45, 7) is 1.62. The number of carbonyl (C=O) groups excluding carboxylic acids is 1. The van der Waals surface area contributed by atoms with Gasteiger partial charge in [-0.15, -0.1) is 0 Å². The van der Waals surface area contributed by atoms with Crippen molar-refractivity contribution in [2.24, 2.45) is 0 Å². The Labute approximate surface area is 143 Å². The highest BCUT2D eigenvalue weighted by molar-refractivity contribution is 7.92. The Balaban J connectivity index is 2.10. The quantitative estimate of drug-likeness (QED) is 0.860. The van der Waals surface area contributed by atoms with Gasteiger partial charge in [0, 0.05) is 5.56 Å². The molecule has 0 aliphatic carbocycles. The molecule has 1 saturated heterocycles. The normalized spacial score (nSPS) is 15.9. The minimum absolute atomic E-state index is 0.318. The first-order chi connectivity index (χ1) is 11.8. The molecular formula is C16H15FN2O5S. The van der Waals surface area contributed by atoms with Crippen molar-refractivity contribution in [3.63, 3.8) is 0 Å². The van der Waals surface area contributed by atoms with Gasteiger partial charge in [-0.05, 0) is 30.7 Å². The number of ether oxygens (including phenoxy) is 1. The van der Waals surface area contributed by atoms with E-state index in [1.54, 1.807) is 35.9 Å². The van der Waals surface area contributed by atoms with Gasteiger partial charge in [0.15, 0.2) is 5.82 Å². The molecule has 0 aromatic heterocycles. The van der Waals surface area contributed by atoms with Crippen molar-refractivity contribution >= 4 is 21.8 Å². The first-order valence-corrected chi connectivity index (χ1v) is 8.85. The minimum atomic E-state index is -4.22. The molecule has 0 saturated carbocycles. The largest absolute Gasteiger partial charge is 0.506 e. The second-order valence-corrected chi connectivity index (χ2v) is 6.89. The fourth-order valence-corrected chi connectivity index (χ4v) is 3.79. The number of phenols is 1. The minimum Gasteiger partial charge on any atom is -0.506 e. The highest BCUT2D eigenvalue weighted by atomic mass is 32.2. The molecule has 0 radical (unpaired) electrons. The van der Waals surface area contributed by atoms with E-state index in [4.69, 9.17) is 4.74 Å². The van der Waals surface area contributed by atoms with E-state index in [9.17, 15) is 22.7 Å². The number of anilines is 1. The average molecular weight is 366 g/mol. The number of aromatic hydroxyl groups is 1. The van der Waals surface area contributed by atoms with Crippen LogP contribution in [0.5, 0.6) is 11.5 Å². The van der Waals surface area contributed by atoms with Crippen LogP contribution < -0.4 is 13.8 Å². The molecule has 0 unspecified atom stereocenters. The number of hydrogen-bond donors (Lipinski definition) is 2. The molecular weight excluding hydrogens is 351 g/mol. The van der Waals surface area contributed by atoms with Gasteiger partial charge < -0.3 is 9.84 Å². The number of hydrogen-bond acceptors (Lipinski definition) is 5. The van der Waals surface area contributed by atoms with E-state index in [1.807, 2.05) is 0 Å². The van der Waals surface area contributed by atoms with Gasteiger partial charge in [-0.2, -0.15) is 8.42 Å². The third-order valence-electron chi connectivity index (χ3n) is 3.61. The van der Waals surface area contributed by atoms with Crippen LogP contribution in [0.2, 0.25) is 0 Å². The lowest BCUT2D eigenvalue weighted by molar-refractivity contribution is -0.117. The summed E-state index contributed by atoms with van der Waals surface area (Å²) in [6.07, 6.45) is 0. The predicted octanol–water partition coefficient (Wildman–Crippen LogP) is 1.78. The zero-order valence-electron chi connectivity index (χ0n) is 13.2. The summed E-state index contributed by atoms with van der Waals surface area (Å²) in [5, 5.41) is 10.2. The number of nitrogens with one attached hydrogen (secondary N) is 1. The topological polar surface area (TPSA) is 95.9 Å². The van der Waals surface area contributed by atoms with E-state index >= 15 is 0 Å². The SMILES string of the molecule is CCOc1ccccc1-c1cc(O)c(N2CC(=O)NS2(=O)=O)c(F)c1. The molecule has 1 amide bonds. The second kappa shape index (κ2) is 6.25. The molecule has 2 aromatic rings.